The highest BCUT2D eigenvalue weighted by molar-refractivity contribution is 5.89. The van der Waals surface area contributed by atoms with Gasteiger partial charge in [-0.25, -0.2) is 4.79 Å². The highest BCUT2D eigenvalue weighted by atomic mass is 16.5. The molecule has 174 valence electrons. The van der Waals surface area contributed by atoms with Gasteiger partial charge in [0.2, 0.25) is 0 Å². The third-order valence-electron chi connectivity index (χ3n) is 5.09. The van der Waals surface area contributed by atoms with Gasteiger partial charge in [-0.15, -0.1) is 0 Å². The van der Waals surface area contributed by atoms with Crippen molar-refractivity contribution in [3.05, 3.63) is 48.6 Å². The van der Waals surface area contributed by atoms with E-state index < -0.39 is 0 Å². The van der Waals surface area contributed by atoms with Gasteiger partial charge in [0.25, 0.3) is 0 Å². The topological polar surface area (TPSA) is 50.4 Å². The summed E-state index contributed by atoms with van der Waals surface area (Å²) in [5, 5.41) is 5.77. The van der Waals surface area contributed by atoms with Gasteiger partial charge in [0.15, 0.2) is 0 Å². The van der Waals surface area contributed by atoms with Crippen molar-refractivity contribution < 1.29 is 9.53 Å². The van der Waals surface area contributed by atoms with Crippen LogP contribution in [0.15, 0.2) is 48.6 Å². The SMILES string of the molecule is CCCCC/C=C/C/C=C/CCCCCCCCNC(=O)Nc1ccc(OCC)cc1. The second kappa shape index (κ2) is 19.7. The molecular weight excluding hydrogens is 384 g/mol. The first-order chi connectivity index (χ1) is 15.3. The Balaban J connectivity index is 1.89. The van der Waals surface area contributed by atoms with Crippen LogP contribution in [-0.4, -0.2) is 19.2 Å². The molecule has 4 heteroatoms. The largest absolute Gasteiger partial charge is 0.494 e. The second-order valence-corrected chi connectivity index (χ2v) is 7.92. The van der Waals surface area contributed by atoms with Crippen LogP contribution in [0, 0.1) is 0 Å². The van der Waals surface area contributed by atoms with Crippen LogP contribution in [0.25, 0.3) is 0 Å². The first kappa shape index (κ1) is 26.8. The summed E-state index contributed by atoms with van der Waals surface area (Å²) in [5.41, 5.74) is 0.776. The van der Waals surface area contributed by atoms with E-state index in [-0.39, 0.29) is 6.03 Å². The van der Waals surface area contributed by atoms with E-state index >= 15 is 0 Å². The maximum atomic E-state index is 11.9. The van der Waals surface area contributed by atoms with Crippen LogP contribution in [0.3, 0.4) is 0 Å². The fourth-order valence-corrected chi connectivity index (χ4v) is 3.29. The Hall–Kier alpha value is -2.23. The van der Waals surface area contributed by atoms with Crippen LogP contribution in [0.1, 0.15) is 90.9 Å². The molecule has 0 bridgehead atoms. The standard InChI is InChI=1S/C27H44N2O2/c1-3-5-6-7-8-9-10-11-12-13-14-15-16-17-18-19-24-28-27(30)29-25-20-22-26(23-21-25)31-4-2/h8-9,11-12,20-23H,3-7,10,13-19,24H2,1-2H3,(H2,28,29,30)/b9-8+,12-11+. The fourth-order valence-electron chi connectivity index (χ4n) is 3.29. The minimum atomic E-state index is -0.147. The zero-order valence-corrected chi connectivity index (χ0v) is 19.8. The number of nitrogens with one attached hydrogen (secondary N) is 2. The molecule has 0 fully saturated rings. The van der Waals surface area contributed by atoms with E-state index in [0.29, 0.717) is 6.61 Å². The van der Waals surface area contributed by atoms with Crippen LogP contribution in [-0.2, 0) is 0 Å². The molecule has 0 saturated carbocycles. The van der Waals surface area contributed by atoms with E-state index in [9.17, 15) is 4.79 Å². The lowest BCUT2D eigenvalue weighted by Gasteiger charge is -2.08. The second-order valence-electron chi connectivity index (χ2n) is 7.92. The quantitative estimate of drug-likeness (QED) is 0.184. The summed E-state index contributed by atoms with van der Waals surface area (Å²) in [7, 11) is 0. The first-order valence-electron chi connectivity index (χ1n) is 12.3. The van der Waals surface area contributed by atoms with E-state index in [2.05, 4.69) is 41.9 Å². The van der Waals surface area contributed by atoms with Crippen molar-refractivity contribution in [2.75, 3.05) is 18.5 Å². The van der Waals surface area contributed by atoms with E-state index in [4.69, 9.17) is 4.74 Å². The Morgan fingerprint density at radius 3 is 2.06 bits per heavy atom. The van der Waals surface area contributed by atoms with Gasteiger partial charge in [0.05, 0.1) is 6.61 Å². The van der Waals surface area contributed by atoms with Crippen LogP contribution < -0.4 is 15.4 Å². The number of ether oxygens (including phenoxy) is 1. The predicted octanol–water partition coefficient (Wildman–Crippen LogP) is 8.02. The normalized spacial score (nSPS) is 11.3. The Labute approximate surface area is 190 Å². The number of hydrogen-bond donors (Lipinski definition) is 2. The number of carbonyl (C=O) groups excluding carboxylic acids is 1. The molecule has 31 heavy (non-hydrogen) atoms. The fraction of sp³-hybridized carbons (Fsp3) is 0.593. The van der Waals surface area contributed by atoms with Gasteiger partial charge in [-0.3, -0.25) is 0 Å². The Bertz CT molecular complexity index is 608. The molecule has 4 nitrogen and oxygen atoms in total. The maximum absolute atomic E-state index is 11.9. The number of hydrogen-bond acceptors (Lipinski definition) is 2. The third-order valence-corrected chi connectivity index (χ3v) is 5.09. The van der Waals surface area contributed by atoms with Crippen LogP contribution >= 0.6 is 0 Å². The third kappa shape index (κ3) is 16.2. The molecule has 0 aliphatic carbocycles. The molecule has 0 radical (unpaired) electrons. The minimum absolute atomic E-state index is 0.147. The molecule has 2 N–H and O–H groups in total. The van der Waals surface area contributed by atoms with Gasteiger partial charge in [-0.05, 0) is 69.7 Å². The monoisotopic (exact) mass is 428 g/mol. The van der Waals surface area contributed by atoms with Gasteiger partial charge in [0.1, 0.15) is 5.75 Å². The maximum Gasteiger partial charge on any atom is 0.319 e. The van der Waals surface area contributed by atoms with Crippen LogP contribution in [0.2, 0.25) is 0 Å². The zero-order chi connectivity index (χ0) is 22.4. The lowest BCUT2D eigenvalue weighted by molar-refractivity contribution is 0.252. The molecule has 1 aromatic rings. The summed E-state index contributed by atoms with van der Waals surface area (Å²) < 4.78 is 5.40. The summed E-state index contributed by atoms with van der Waals surface area (Å²) in [6.07, 6.45) is 24.0. The van der Waals surface area contributed by atoms with Gasteiger partial charge >= 0.3 is 6.03 Å². The van der Waals surface area contributed by atoms with E-state index in [1.54, 1.807) is 0 Å². The molecule has 0 aromatic heterocycles. The molecular formula is C27H44N2O2. The van der Waals surface area contributed by atoms with Crippen LogP contribution in [0.5, 0.6) is 5.75 Å². The number of allylic oxidation sites excluding steroid dienone is 4. The first-order valence-corrected chi connectivity index (χ1v) is 12.3. The van der Waals surface area contributed by atoms with E-state index in [1.807, 2.05) is 31.2 Å². The van der Waals surface area contributed by atoms with Gasteiger partial charge < -0.3 is 15.4 Å². The highest BCUT2D eigenvalue weighted by Crippen LogP contribution is 2.15. The smallest absolute Gasteiger partial charge is 0.319 e. The Kier molecular flexibility index (Phi) is 17.0. The zero-order valence-electron chi connectivity index (χ0n) is 19.8. The minimum Gasteiger partial charge on any atom is -0.494 e. The van der Waals surface area contributed by atoms with Gasteiger partial charge in [-0.1, -0.05) is 69.8 Å². The van der Waals surface area contributed by atoms with Crippen LogP contribution in [0.4, 0.5) is 10.5 Å². The number of amides is 2. The predicted molar refractivity (Wildman–Crippen MR) is 134 cm³/mol. The molecule has 0 unspecified atom stereocenters. The number of rotatable bonds is 18. The van der Waals surface area contributed by atoms with Crippen molar-refractivity contribution in [1.29, 1.82) is 0 Å². The summed E-state index contributed by atoms with van der Waals surface area (Å²) in [6.45, 7) is 5.56. The van der Waals surface area contributed by atoms with Crippen molar-refractivity contribution in [3.8, 4) is 5.75 Å². The molecule has 0 saturated heterocycles. The molecule has 0 atom stereocenters. The van der Waals surface area contributed by atoms with Crippen molar-refractivity contribution in [3.63, 3.8) is 0 Å². The van der Waals surface area contributed by atoms with E-state index in [1.165, 1.54) is 64.2 Å². The lowest BCUT2D eigenvalue weighted by atomic mass is 10.1. The average Bonchev–Trinajstić information content (AvgIpc) is 2.77. The van der Waals surface area contributed by atoms with Crippen molar-refractivity contribution in [2.45, 2.75) is 90.9 Å². The van der Waals surface area contributed by atoms with Crippen molar-refractivity contribution in [2.24, 2.45) is 0 Å². The Morgan fingerprint density at radius 2 is 1.42 bits per heavy atom. The van der Waals surface area contributed by atoms with Crippen molar-refractivity contribution in [1.82, 2.24) is 5.32 Å². The summed E-state index contributed by atoms with van der Waals surface area (Å²) >= 11 is 0. The summed E-state index contributed by atoms with van der Waals surface area (Å²) in [5.74, 6) is 0.815. The Morgan fingerprint density at radius 1 is 0.806 bits per heavy atom. The van der Waals surface area contributed by atoms with Crippen molar-refractivity contribution >= 4 is 11.7 Å². The molecule has 0 aliphatic rings. The average molecular weight is 429 g/mol. The summed E-state index contributed by atoms with van der Waals surface area (Å²) in [6, 6.07) is 7.28. The summed E-state index contributed by atoms with van der Waals surface area (Å²) in [4.78, 5) is 11.9. The van der Waals surface area contributed by atoms with Gasteiger partial charge in [0, 0.05) is 12.2 Å². The molecule has 1 rings (SSSR count). The number of carbonyl (C=O) groups is 1. The molecule has 0 heterocycles. The number of urea groups is 1. The number of benzene rings is 1. The molecule has 0 spiro atoms. The highest BCUT2D eigenvalue weighted by Gasteiger charge is 2.01. The number of unbranched alkanes of at least 4 members (excludes halogenated alkanes) is 9. The van der Waals surface area contributed by atoms with Gasteiger partial charge in [-0.2, -0.15) is 0 Å². The molecule has 0 aliphatic heterocycles. The molecule has 1 aromatic carbocycles. The van der Waals surface area contributed by atoms with E-state index in [0.717, 1.165) is 30.8 Å². The molecule has 2 amide bonds. The lowest BCUT2D eigenvalue weighted by Crippen LogP contribution is -2.29. The number of anilines is 1.